The fraction of sp³-hybridized carbons (Fsp3) is 0.125. The maximum absolute atomic E-state index is 11.3. The van der Waals surface area contributed by atoms with Crippen LogP contribution in [0, 0.1) is 30.3 Å². The van der Waals surface area contributed by atoms with E-state index >= 15 is 0 Å². The second-order valence-electron chi connectivity index (χ2n) is 5.65. The number of benzene rings is 2. The van der Waals surface area contributed by atoms with Gasteiger partial charge in [-0.1, -0.05) is 0 Å². The summed E-state index contributed by atoms with van der Waals surface area (Å²) in [5.74, 6) is -1.90. The Morgan fingerprint density at radius 2 is 1.63 bits per heavy atom. The molecule has 0 radical (unpaired) electrons. The van der Waals surface area contributed by atoms with Crippen LogP contribution in [0.2, 0.25) is 0 Å². The van der Waals surface area contributed by atoms with Crippen LogP contribution in [0.1, 0.15) is 12.5 Å². The molecule has 30 heavy (non-hydrogen) atoms. The first-order valence-electron chi connectivity index (χ1n) is 7.96. The maximum atomic E-state index is 11.3. The Balaban J connectivity index is 2.40. The van der Waals surface area contributed by atoms with Gasteiger partial charge in [-0.25, -0.2) is 4.79 Å². The lowest BCUT2D eigenvalue weighted by atomic mass is 10.1. The first-order valence-corrected chi connectivity index (χ1v) is 7.96. The van der Waals surface area contributed by atoms with E-state index in [-0.39, 0.29) is 11.4 Å². The van der Waals surface area contributed by atoms with Crippen molar-refractivity contribution in [3.05, 3.63) is 72.3 Å². The highest BCUT2D eigenvalue weighted by Gasteiger charge is 2.26. The van der Waals surface area contributed by atoms with Crippen LogP contribution in [0.25, 0.3) is 0 Å². The van der Waals surface area contributed by atoms with E-state index < -0.39 is 44.5 Å². The number of ether oxygens (including phenoxy) is 1. The molecule has 14 nitrogen and oxygen atoms in total. The molecule has 2 aromatic carbocycles. The Morgan fingerprint density at radius 3 is 2.13 bits per heavy atom. The predicted octanol–water partition coefficient (Wildman–Crippen LogP) is 2.71. The number of carbonyl (C=O) groups is 1. The lowest BCUT2D eigenvalue weighted by Gasteiger charge is -2.09. The zero-order valence-electron chi connectivity index (χ0n) is 15.2. The van der Waals surface area contributed by atoms with Crippen LogP contribution in [-0.4, -0.2) is 38.2 Å². The second-order valence-corrected chi connectivity index (χ2v) is 5.65. The first kappa shape index (κ1) is 21.7. The van der Waals surface area contributed by atoms with E-state index in [1.54, 1.807) is 0 Å². The highest BCUT2D eigenvalue weighted by molar-refractivity contribution is 5.99. The number of nitrogens with zero attached hydrogens (tertiary/aromatic N) is 4. The standard InChI is InChI=1S/C16H13N5O9/c1-9(10-2-4-11(5-3-10)19(24)25)17-18-12-6-15(30-8-16(22)23)14(21(28)29)7-13(12)20(26)27/h2-7,18H,8H2,1H3,(H,22,23)/b17-9-. The number of nitro benzene ring substituents is 3. The molecule has 0 atom stereocenters. The van der Waals surface area contributed by atoms with E-state index in [0.717, 1.165) is 6.07 Å². The van der Waals surface area contributed by atoms with Crippen molar-refractivity contribution in [2.24, 2.45) is 5.10 Å². The number of rotatable bonds is 9. The summed E-state index contributed by atoms with van der Waals surface area (Å²) < 4.78 is 4.85. The molecule has 2 rings (SSSR count). The molecule has 0 saturated heterocycles. The minimum atomic E-state index is -1.40. The topological polar surface area (TPSA) is 200 Å². The number of carboxylic acid groups (broad SMARTS) is 1. The summed E-state index contributed by atoms with van der Waals surface area (Å²) >= 11 is 0. The van der Waals surface area contributed by atoms with Crippen LogP contribution >= 0.6 is 0 Å². The van der Waals surface area contributed by atoms with Crippen LogP contribution < -0.4 is 10.2 Å². The van der Waals surface area contributed by atoms with Crippen LogP contribution in [0.4, 0.5) is 22.7 Å². The van der Waals surface area contributed by atoms with Crippen LogP contribution in [0.15, 0.2) is 41.5 Å². The summed E-state index contributed by atoms with van der Waals surface area (Å²) in [5.41, 5.74) is 1.26. The Kier molecular flexibility index (Phi) is 6.54. The molecule has 0 fully saturated rings. The number of non-ortho nitro benzene ring substituents is 1. The molecule has 0 saturated carbocycles. The van der Waals surface area contributed by atoms with Crippen molar-refractivity contribution in [2.75, 3.05) is 12.0 Å². The average molecular weight is 419 g/mol. The average Bonchev–Trinajstić information content (AvgIpc) is 2.69. The number of nitrogens with one attached hydrogen (secondary N) is 1. The summed E-state index contributed by atoms with van der Waals surface area (Å²) in [6.07, 6.45) is 0. The monoisotopic (exact) mass is 419 g/mol. The molecule has 0 aliphatic heterocycles. The largest absolute Gasteiger partial charge is 0.479 e. The number of hydrogen-bond acceptors (Lipinski definition) is 10. The normalized spacial score (nSPS) is 10.9. The summed E-state index contributed by atoms with van der Waals surface area (Å²) in [6.45, 7) is 0.621. The highest BCUT2D eigenvalue weighted by atomic mass is 16.6. The molecular formula is C16H13N5O9. The summed E-state index contributed by atoms with van der Waals surface area (Å²) in [7, 11) is 0. The van der Waals surface area contributed by atoms with Gasteiger partial charge in [-0.3, -0.25) is 35.8 Å². The van der Waals surface area contributed by atoms with E-state index in [0.29, 0.717) is 17.3 Å². The van der Waals surface area contributed by atoms with E-state index in [1.807, 2.05) is 0 Å². The Bertz CT molecular complexity index is 1050. The molecule has 0 aliphatic carbocycles. The van der Waals surface area contributed by atoms with E-state index in [9.17, 15) is 35.1 Å². The van der Waals surface area contributed by atoms with Gasteiger partial charge in [0.15, 0.2) is 12.4 Å². The van der Waals surface area contributed by atoms with Crippen LogP contribution in [0.3, 0.4) is 0 Å². The molecule has 14 heteroatoms. The molecule has 2 N–H and O–H groups in total. The Labute approximate surface area is 166 Å². The van der Waals surface area contributed by atoms with Crippen LogP contribution in [-0.2, 0) is 4.79 Å². The smallest absolute Gasteiger partial charge is 0.341 e. The van der Waals surface area contributed by atoms with Crippen LogP contribution in [0.5, 0.6) is 5.75 Å². The van der Waals surface area contributed by atoms with E-state index in [1.165, 1.54) is 31.2 Å². The molecular weight excluding hydrogens is 406 g/mol. The lowest BCUT2D eigenvalue weighted by Crippen LogP contribution is -2.11. The van der Waals surface area contributed by atoms with Gasteiger partial charge in [-0.05, 0) is 24.6 Å². The third kappa shape index (κ3) is 5.22. The second kappa shape index (κ2) is 9.05. The number of carboxylic acids is 1. The summed E-state index contributed by atoms with van der Waals surface area (Å²) in [6, 6.07) is 6.86. The van der Waals surface area contributed by atoms with Crippen molar-refractivity contribution in [1.82, 2.24) is 0 Å². The van der Waals surface area contributed by atoms with Crippen molar-refractivity contribution >= 4 is 34.4 Å². The van der Waals surface area contributed by atoms with E-state index in [2.05, 4.69) is 10.5 Å². The Morgan fingerprint density at radius 1 is 1.03 bits per heavy atom. The van der Waals surface area contributed by atoms with Crippen molar-refractivity contribution in [3.63, 3.8) is 0 Å². The van der Waals surface area contributed by atoms with E-state index in [4.69, 9.17) is 9.84 Å². The highest BCUT2D eigenvalue weighted by Crippen LogP contribution is 2.37. The minimum Gasteiger partial charge on any atom is -0.479 e. The van der Waals surface area contributed by atoms with Crippen molar-refractivity contribution < 1.29 is 29.4 Å². The SMILES string of the molecule is C/C(=N/Nc1cc(OCC(=O)O)c([N+](=O)[O-])cc1[N+](=O)[O-])c1ccc([N+](=O)[O-])cc1. The van der Waals surface area contributed by atoms with Gasteiger partial charge in [0.2, 0.25) is 0 Å². The molecule has 0 bridgehead atoms. The minimum absolute atomic E-state index is 0.134. The quantitative estimate of drug-likeness (QED) is 0.346. The van der Waals surface area contributed by atoms with Crippen molar-refractivity contribution in [3.8, 4) is 5.75 Å². The molecule has 156 valence electrons. The van der Waals surface area contributed by atoms with Gasteiger partial charge >= 0.3 is 17.3 Å². The van der Waals surface area contributed by atoms with Gasteiger partial charge in [0.25, 0.3) is 5.69 Å². The lowest BCUT2D eigenvalue weighted by molar-refractivity contribution is -0.394. The molecule has 0 aromatic heterocycles. The van der Waals surface area contributed by atoms with Gasteiger partial charge in [0.1, 0.15) is 11.8 Å². The fourth-order valence-corrected chi connectivity index (χ4v) is 2.23. The van der Waals surface area contributed by atoms with Gasteiger partial charge < -0.3 is 9.84 Å². The molecule has 0 aliphatic rings. The van der Waals surface area contributed by atoms with Gasteiger partial charge in [0, 0.05) is 18.2 Å². The molecule has 0 spiro atoms. The number of anilines is 1. The molecule has 0 unspecified atom stereocenters. The zero-order valence-corrected chi connectivity index (χ0v) is 15.2. The number of hydrazone groups is 1. The van der Waals surface area contributed by atoms with Gasteiger partial charge in [-0.15, -0.1) is 0 Å². The summed E-state index contributed by atoms with van der Waals surface area (Å²) in [4.78, 5) is 41.4. The molecule has 0 amide bonds. The van der Waals surface area contributed by atoms with Crippen molar-refractivity contribution in [2.45, 2.75) is 6.92 Å². The number of aliphatic carboxylic acids is 1. The third-order valence-corrected chi connectivity index (χ3v) is 3.66. The third-order valence-electron chi connectivity index (χ3n) is 3.66. The Hall–Kier alpha value is -4.62. The number of nitro groups is 3. The summed E-state index contributed by atoms with van der Waals surface area (Å²) in [5, 5.41) is 45.8. The zero-order chi connectivity index (χ0) is 22.4. The first-order chi connectivity index (χ1) is 14.1. The predicted molar refractivity (Wildman–Crippen MR) is 102 cm³/mol. The molecule has 2 aromatic rings. The maximum Gasteiger partial charge on any atom is 0.341 e. The van der Waals surface area contributed by atoms with Gasteiger partial charge in [0.05, 0.1) is 20.5 Å². The van der Waals surface area contributed by atoms with Crippen molar-refractivity contribution in [1.29, 1.82) is 0 Å². The fourth-order valence-electron chi connectivity index (χ4n) is 2.23. The van der Waals surface area contributed by atoms with Gasteiger partial charge in [-0.2, -0.15) is 5.10 Å². The molecule has 0 heterocycles. The number of hydrogen-bond donors (Lipinski definition) is 2.